The maximum atomic E-state index is 13.1. The van der Waals surface area contributed by atoms with Crippen molar-refractivity contribution in [2.24, 2.45) is 0 Å². The van der Waals surface area contributed by atoms with Crippen LogP contribution in [0.15, 0.2) is 48.6 Å². The van der Waals surface area contributed by atoms with Crippen LogP contribution in [0.5, 0.6) is 0 Å². The van der Waals surface area contributed by atoms with Crippen molar-refractivity contribution in [2.45, 2.75) is 276 Å². The third kappa shape index (κ3) is 36.3. The number of hydrogen-bond acceptors (Lipinski definition) is 11. The van der Waals surface area contributed by atoms with Crippen molar-refractivity contribution in [2.75, 3.05) is 13.2 Å². The van der Waals surface area contributed by atoms with Gasteiger partial charge in [0.15, 0.2) is 24.6 Å². The van der Waals surface area contributed by atoms with E-state index in [0.29, 0.717) is 25.7 Å². The molecule has 1 aliphatic heterocycles. The van der Waals surface area contributed by atoms with Gasteiger partial charge >= 0.3 is 23.9 Å². The van der Waals surface area contributed by atoms with Crippen molar-refractivity contribution in [1.82, 2.24) is 0 Å². The Hall–Kier alpha value is -3.32. The number of carbonyl (C=O) groups excluding carboxylic acids is 3. The smallest absolute Gasteiger partial charge is 0.335 e. The second-order valence-electron chi connectivity index (χ2n) is 18.9. The monoisotopic (exact) mass is 975 g/mol. The first-order chi connectivity index (χ1) is 33.6. The van der Waals surface area contributed by atoms with Gasteiger partial charge in [-0.1, -0.05) is 223 Å². The molecule has 0 amide bonds. The average molecular weight is 975 g/mol. The molecule has 6 atom stereocenters. The fourth-order valence-corrected chi connectivity index (χ4v) is 8.21. The Balaban J connectivity index is 2.75. The van der Waals surface area contributed by atoms with Gasteiger partial charge in [-0.15, -0.1) is 0 Å². The van der Waals surface area contributed by atoms with Crippen molar-refractivity contribution >= 4 is 23.9 Å². The molecule has 12 heteroatoms. The first kappa shape index (κ1) is 63.7. The molecule has 6 unspecified atom stereocenters. The number of carboxylic acids is 1. The number of ether oxygens (including phenoxy) is 5. The Morgan fingerprint density at radius 2 is 0.913 bits per heavy atom. The van der Waals surface area contributed by atoms with Crippen LogP contribution in [0.3, 0.4) is 0 Å². The number of carbonyl (C=O) groups is 4. The van der Waals surface area contributed by atoms with Gasteiger partial charge in [0.2, 0.25) is 0 Å². The lowest BCUT2D eigenvalue weighted by Crippen LogP contribution is -2.61. The van der Waals surface area contributed by atoms with E-state index in [0.717, 1.165) is 57.8 Å². The standard InChI is InChI=1S/C57H98O12/c1-4-7-10-13-16-19-22-25-28-31-34-37-40-43-49(58)65-46-48(67-50(59)44-41-38-35-32-29-26-23-20-17-14-11-8-5-2)47-66-57-55(53(62)52(61)54(69-57)56(63)64)68-51(60)45-42-39-36-33-30-27-24-21-18-15-12-9-6-3/h9,12,18,21,27,30,36,39,48,52-55,57,61-62H,4-8,10-11,13-17,19-20,22-26,28-29,31-35,37-38,40-47H2,1-3H3,(H,63,64)/b12-9-,21-18-,30-27-,39-36-. The zero-order valence-corrected chi connectivity index (χ0v) is 43.6. The van der Waals surface area contributed by atoms with E-state index in [4.69, 9.17) is 23.7 Å². The summed E-state index contributed by atoms with van der Waals surface area (Å²) in [6.45, 7) is 5.84. The van der Waals surface area contributed by atoms with Crippen LogP contribution in [0.25, 0.3) is 0 Å². The summed E-state index contributed by atoms with van der Waals surface area (Å²) in [7, 11) is 0. The molecule has 1 saturated heterocycles. The number of carboxylic acid groups (broad SMARTS) is 1. The number of aliphatic hydroxyl groups is 2. The third-order valence-electron chi connectivity index (χ3n) is 12.4. The van der Waals surface area contributed by atoms with Gasteiger partial charge in [-0.3, -0.25) is 14.4 Å². The molecule has 1 fully saturated rings. The maximum Gasteiger partial charge on any atom is 0.335 e. The van der Waals surface area contributed by atoms with Crippen molar-refractivity contribution in [3.8, 4) is 0 Å². The van der Waals surface area contributed by atoms with Gasteiger partial charge in [0.05, 0.1) is 6.61 Å². The zero-order valence-electron chi connectivity index (χ0n) is 43.6. The van der Waals surface area contributed by atoms with Crippen molar-refractivity contribution in [1.29, 1.82) is 0 Å². The number of rotatable bonds is 46. The van der Waals surface area contributed by atoms with Crippen LogP contribution >= 0.6 is 0 Å². The number of aliphatic hydroxyl groups excluding tert-OH is 2. The molecule has 0 aromatic rings. The molecule has 0 bridgehead atoms. The van der Waals surface area contributed by atoms with E-state index in [9.17, 15) is 34.5 Å². The summed E-state index contributed by atoms with van der Waals surface area (Å²) in [5, 5.41) is 31.3. The maximum absolute atomic E-state index is 13.1. The summed E-state index contributed by atoms with van der Waals surface area (Å²) in [6, 6.07) is 0. The largest absolute Gasteiger partial charge is 0.479 e. The van der Waals surface area contributed by atoms with Crippen molar-refractivity contribution in [3.63, 3.8) is 0 Å². The summed E-state index contributed by atoms with van der Waals surface area (Å²) in [6.07, 6.45) is 41.1. The van der Waals surface area contributed by atoms with E-state index < -0.39 is 67.3 Å². The highest BCUT2D eigenvalue weighted by Gasteiger charge is 2.50. The molecule has 0 aromatic heterocycles. The molecule has 0 aromatic carbocycles. The first-order valence-electron chi connectivity index (χ1n) is 27.6. The second kappa shape index (κ2) is 45.8. The Labute approximate surface area is 418 Å². The Morgan fingerprint density at radius 1 is 0.493 bits per heavy atom. The summed E-state index contributed by atoms with van der Waals surface area (Å²) < 4.78 is 28.3. The van der Waals surface area contributed by atoms with Gasteiger partial charge in [0.25, 0.3) is 0 Å². The zero-order chi connectivity index (χ0) is 50.4. The normalized spacial score (nSPS) is 19.0. The highest BCUT2D eigenvalue weighted by atomic mass is 16.7. The lowest BCUT2D eigenvalue weighted by Gasteiger charge is -2.40. The van der Waals surface area contributed by atoms with E-state index in [1.165, 1.54) is 116 Å². The predicted molar refractivity (Wildman–Crippen MR) is 276 cm³/mol. The molecule has 398 valence electrons. The molecule has 1 aliphatic rings. The minimum absolute atomic E-state index is 0.0583. The van der Waals surface area contributed by atoms with Crippen LogP contribution in [0.2, 0.25) is 0 Å². The number of aliphatic carboxylic acids is 1. The number of esters is 3. The molecule has 0 radical (unpaired) electrons. The van der Waals surface area contributed by atoms with Gasteiger partial charge in [-0.2, -0.15) is 0 Å². The number of allylic oxidation sites excluding steroid dienone is 8. The predicted octanol–water partition coefficient (Wildman–Crippen LogP) is 13.4. The first-order valence-corrected chi connectivity index (χ1v) is 27.6. The van der Waals surface area contributed by atoms with Crippen LogP contribution in [-0.4, -0.2) is 89.2 Å². The topological polar surface area (TPSA) is 175 Å². The molecule has 12 nitrogen and oxygen atoms in total. The van der Waals surface area contributed by atoms with E-state index in [2.05, 4.69) is 51.2 Å². The summed E-state index contributed by atoms with van der Waals surface area (Å²) in [5.74, 6) is -3.21. The molecular formula is C57H98O12. The molecule has 1 rings (SSSR count). The Morgan fingerprint density at radius 3 is 1.36 bits per heavy atom. The highest BCUT2D eigenvalue weighted by molar-refractivity contribution is 5.74. The second-order valence-corrected chi connectivity index (χ2v) is 18.9. The minimum atomic E-state index is -1.92. The van der Waals surface area contributed by atoms with E-state index in [1.807, 2.05) is 18.2 Å². The number of unbranched alkanes of at least 4 members (excludes halogenated alkanes) is 24. The molecule has 0 spiro atoms. The summed E-state index contributed by atoms with van der Waals surface area (Å²) in [5.41, 5.74) is 0. The van der Waals surface area contributed by atoms with Crippen LogP contribution in [0, 0.1) is 0 Å². The molecule has 0 saturated carbocycles. The lowest BCUT2D eigenvalue weighted by molar-refractivity contribution is -0.301. The van der Waals surface area contributed by atoms with Gasteiger partial charge in [-0.25, -0.2) is 4.79 Å². The van der Waals surface area contributed by atoms with E-state index in [-0.39, 0.29) is 25.9 Å². The van der Waals surface area contributed by atoms with Crippen molar-refractivity contribution in [3.05, 3.63) is 48.6 Å². The highest BCUT2D eigenvalue weighted by Crippen LogP contribution is 2.26. The SMILES string of the molecule is CC/C=C\C/C=C\C/C=C\C/C=C\CCC(=O)OC1C(OCC(COC(=O)CCCCCCCCCCCCCCC)OC(=O)CCCCCCCCCCCCCCC)OC(C(=O)O)C(O)C1O. The lowest BCUT2D eigenvalue weighted by atomic mass is 9.98. The van der Waals surface area contributed by atoms with E-state index >= 15 is 0 Å². The van der Waals surface area contributed by atoms with Crippen LogP contribution < -0.4 is 0 Å². The quantitative estimate of drug-likeness (QED) is 0.0228. The van der Waals surface area contributed by atoms with Gasteiger partial charge in [-0.05, 0) is 44.9 Å². The molecule has 69 heavy (non-hydrogen) atoms. The van der Waals surface area contributed by atoms with Crippen molar-refractivity contribution < 1.29 is 58.2 Å². The van der Waals surface area contributed by atoms with Gasteiger partial charge in [0, 0.05) is 19.3 Å². The fraction of sp³-hybridized carbons (Fsp3) is 0.789. The third-order valence-corrected chi connectivity index (χ3v) is 12.4. The molecule has 1 heterocycles. The summed E-state index contributed by atoms with van der Waals surface area (Å²) >= 11 is 0. The molecule has 0 aliphatic carbocycles. The molecular weight excluding hydrogens is 877 g/mol. The van der Waals surface area contributed by atoms with Crippen LogP contribution in [0.1, 0.15) is 239 Å². The molecule has 3 N–H and O–H groups in total. The van der Waals surface area contributed by atoms with Crippen LogP contribution in [-0.2, 0) is 42.9 Å². The number of hydrogen-bond donors (Lipinski definition) is 3. The van der Waals surface area contributed by atoms with Gasteiger partial charge < -0.3 is 39.0 Å². The van der Waals surface area contributed by atoms with Gasteiger partial charge in [0.1, 0.15) is 18.8 Å². The average Bonchev–Trinajstić information content (AvgIpc) is 3.33. The van der Waals surface area contributed by atoms with Crippen LogP contribution in [0.4, 0.5) is 0 Å². The van der Waals surface area contributed by atoms with E-state index in [1.54, 1.807) is 0 Å². The Bertz CT molecular complexity index is 1390. The Kier molecular flexibility index (Phi) is 42.3. The minimum Gasteiger partial charge on any atom is -0.479 e. The fourth-order valence-electron chi connectivity index (χ4n) is 8.21. The summed E-state index contributed by atoms with van der Waals surface area (Å²) in [4.78, 5) is 50.9.